The molecule has 0 aliphatic carbocycles. The highest BCUT2D eigenvalue weighted by Gasteiger charge is 2.46. The fourth-order valence-corrected chi connectivity index (χ4v) is 5.00. The monoisotopic (exact) mass is 542 g/mol. The number of hydrogen-bond acceptors (Lipinski definition) is 7. The number of halogens is 2. The molecule has 7 nitrogen and oxygen atoms in total. The number of benzene rings is 1. The second-order valence-electron chi connectivity index (χ2n) is 7.19. The molecule has 158 valence electrons. The lowest BCUT2D eigenvalue weighted by Crippen LogP contribution is -2.50. The zero-order chi connectivity index (χ0) is 21.3. The van der Waals surface area contributed by atoms with Crippen LogP contribution in [0.25, 0.3) is 10.2 Å². The van der Waals surface area contributed by atoms with Crippen molar-refractivity contribution in [2.24, 2.45) is 0 Å². The molecule has 0 saturated carbocycles. The van der Waals surface area contributed by atoms with Gasteiger partial charge in [-0.15, -0.1) is 0 Å². The number of unbranched alkanes of at least 4 members (excludes halogenated alkanes) is 1. The molecule has 0 N–H and O–H groups in total. The normalized spacial score (nSPS) is 21.9. The molecule has 1 aliphatic heterocycles. The maximum absolute atomic E-state index is 14.0. The van der Waals surface area contributed by atoms with Crippen LogP contribution in [0.15, 0.2) is 36.7 Å². The van der Waals surface area contributed by atoms with Gasteiger partial charge in [-0.3, -0.25) is 9.63 Å². The summed E-state index contributed by atoms with van der Waals surface area (Å²) in [7, 11) is 0. The van der Waals surface area contributed by atoms with E-state index in [0.717, 1.165) is 24.1 Å². The van der Waals surface area contributed by atoms with Crippen molar-refractivity contribution < 1.29 is 13.9 Å². The first-order chi connectivity index (χ1) is 14.4. The molecule has 1 aromatic carbocycles. The second-order valence-corrected chi connectivity index (χ2v) is 9.36. The molecule has 2 atom stereocenters. The Morgan fingerprint density at radius 2 is 2.30 bits per heavy atom. The van der Waals surface area contributed by atoms with Crippen LogP contribution in [0.2, 0.25) is 0 Å². The van der Waals surface area contributed by atoms with E-state index in [1.165, 1.54) is 29.7 Å². The fourth-order valence-electron chi connectivity index (χ4n) is 3.43. The predicted octanol–water partition coefficient (Wildman–Crippen LogP) is 4.50. The zero-order valence-corrected chi connectivity index (χ0v) is 19.2. The summed E-state index contributed by atoms with van der Waals surface area (Å²) in [5.41, 5.74) is 0.805. The molecule has 2 unspecified atom stereocenters. The Hall–Kier alpha value is -1.73. The van der Waals surface area contributed by atoms with E-state index >= 15 is 0 Å². The number of nitrogens with zero attached hydrogens (tertiary/aromatic N) is 4. The summed E-state index contributed by atoms with van der Waals surface area (Å²) in [5, 5.41) is 14.2. The van der Waals surface area contributed by atoms with E-state index in [1.807, 2.05) is 27.5 Å². The van der Waals surface area contributed by atoms with E-state index < -0.39 is 22.7 Å². The summed E-state index contributed by atoms with van der Waals surface area (Å²) in [6.45, 7) is 3.27. The molecule has 1 saturated heterocycles. The van der Waals surface area contributed by atoms with Gasteiger partial charge in [0.25, 0.3) is 11.4 Å². The van der Waals surface area contributed by atoms with Crippen LogP contribution >= 0.6 is 33.9 Å². The number of carbonyl (C=O) groups is 1. The number of carbonyl (C=O) groups excluding carboxylic acids is 1. The van der Waals surface area contributed by atoms with Crippen molar-refractivity contribution in [1.29, 1.82) is 0 Å². The lowest BCUT2D eigenvalue weighted by molar-refractivity contribution is 0.00551. The van der Waals surface area contributed by atoms with Gasteiger partial charge in [0.15, 0.2) is 0 Å². The lowest BCUT2D eigenvalue weighted by atomic mass is 10.3. The van der Waals surface area contributed by atoms with Crippen molar-refractivity contribution >= 4 is 55.2 Å². The Labute approximate surface area is 190 Å². The molecule has 0 radical (unpaired) electrons. The third-order valence-electron chi connectivity index (χ3n) is 5.02. The van der Waals surface area contributed by atoms with E-state index in [0.29, 0.717) is 21.2 Å². The average molecular weight is 542 g/mol. The third kappa shape index (κ3) is 4.19. The van der Waals surface area contributed by atoms with Crippen molar-refractivity contribution in [2.45, 2.75) is 26.0 Å². The number of hydrogen-bond donors (Lipinski definition) is 0. The third-order valence-corrected chi connectivity index (χ3v) is 7.02. The highest BCUT2D eigenvalue weighted by Crippen LogP contribution is 2.38. The van der Waals surface area contributed by atoms with Crippen LogP contribution in [-0.4, -0.2) is 46.8 Å². The molecular formula is C20H20FIN4O3S. The molecule has 0 bridgehead atoms. The molecule has 1 aliphatic rings. The smallest absolute Gasteiger partial charge is 0.343 e. The van der Waals surface area contributed by atoms with Gasteiger partial charge < -0.3 is 9.94 Å². The molecule has 3 aromatic rings. The van der Waals surface area contributed by atoms with Gasteiger partial charge in [0.2, 0.25) is 0 Å². The van der Waals surface area contributed by atoms with Crippen molar-refractivity contribution in [3.63, 3.8) is 0 Å². The summed E-state index contributed by atoms with van der Waals surface area (Å²) in [6, 6.07) is 5.85. The van der Waals surface area contributed by atoms with Crippen LogP contribution in [0.4, 0.5) is 9.52 Å². The summed E-state index contributed by atoms with van der Waals surface area (Å²) in [4.78, 5) is 23.2. The van der Waals surface area contributed by atoms with Gasteiger partial charge in [-0.2, -0.15) is 4.98 Å². The lowest BCUT2D eigenvalue weighted by Gasteiger charge is -2.38. The van der Waals surface area contributed by atoms with Gasteiger partial charge in [-0.05, 0) is 47.2 Å². The predicted molar refractivity (Wildman–Crippen MR) is 122 cm³/mol. The van der Waals surface area contributed by atoms with Gasteiger partial charge in [0, 0.05) is 28.6 Å². The van der Waals surface area contributed by atoms with Crippen LogP contribution in [0, 0.1) is 14.6 Å². The van der Waals surface area contributed by atoms with E-state index in [-0.39, 0.29) is 11.8 Å². The zero-order valence-electron chi connectivity index (χ0n) is 16.3. The molecule has 0 amide bonds. The van der Waals surface area contributed by atoms with Crippen LogP contribution < -0.4 is 4.65 Å². The Balaban J connectivity index is 1.66. The number of esters is 1. The van der Waals surface area contributed by atoms with E-state index in [4.69, 9.17) is 4.74 Å². The van der Waals surface area contributed by atoms with Gasteiger partial charge in [-0.25, -0.2) is 14.1 Å². The van der Waals surface area contributed by atoms with Crippen molar-refractivity contribution in [2.75, 3.05) is 19.8 Å². The summed E-state index contributed by atoms with van der Waals surface area (Å²) in [5.74, 6) is -0.965. The van der Waals surface area contributed by atoms with Gasteiger partial charge in [0.1, 0.15) is 12.5 Å². The van der Waals surface area contributed by atoms with Crippen molar-refractivity contribution in [3.8, 4) is 0 Å². The molecule has 10 heteroatoms. The molecule has 1 fully saturated rings. The van der Waals surface area contributed by atoms with Crippen molar-refractivity contribution in [1.82, 2.24) is 19.5 Å². The van der Waals surface area contributed by atoms with E-state index in [2.05, 4.69) is 16.9 Å². The van der Waals surface area contributed by atoms with Gasteiger partial charge >= 0.3 is 5.97 Å². The first kappa shape index (κ1) is 21.5. The molecule has 30 heavy (non-hydrogen) atoms. The minimum Gasteiger partial charge on any atom is -0.622 e. The minimum absolute atomic E-state index is 0.133. The average Bonchev–Trinajstić information content (AvgIpc) is 3.28. The summed E-state index contributed by atoms with van der Waals surface area (Å²) >= 11 is 3.22. The van der Waals surface area contributed by atoms with E-state index in [1.54, 1.807) is 18.3 Å². The van der Waals surface area contributed by atoms with Crippen molar-refractivity contribution in [3.05, 3.63) is 56.8 Å². The second kappa shape index (κ2) is 8.79. The topological polar surface area (TPSA) is 78.4 Å². The molecule has 4 rings (SSSR count). The maximum Gasteiger partial charge on any atom is 0.343 e. The van der Waals surface area contributed by atoms with E-state index in [9.17, 15) is 14.4 Å². The number of fused-ring (bicyclic) bond motifs is 1. The Bertz CT molecular complexity index is 1080. The maximum atomic E-state index is 14.0. The minimum atomic E-state index is -0.955. The first-order valence-electron chi connectivity index (χ1n) is 9.59. The van der Waals surface area contributed by atoms with Gasteiger partial charge in [-0.1, -0.05) is 24.7 Å². The highest BCUT2D eigenvalue weighted by molar-refractivity contribution is 14.1. The molecule has 0 spiro atoms. The standard InChI is InChI=1S/C20H20FIN4O3S/c1-2-3-8-25-11-18(29-19(27)14-6-7-23-10-15(14)22)26(28,12-25)20-24-16-9-13(21)4-5-17(16)30-20/h4-7,9-10,18H,2-3,8,11-12H2,1H3. The summed E-state index contributed by atoms with van der Waals surface area (Å²) in [6.07, 6.45) is 4.07. The first-order valence-corrected chi connectivity index (χ1v) is 11.5. The molecular weight excluding hydrogens is 522 g/mol. The number of rotatable bonds is 6. The number of pyridine rings is 1. The Morgan fingerprint density at radius 1 is 1.47 bits per heavy atom. The molecule has 3 heterocycles. The highest BCUT2D eigenvalue weighted by atomic mass is 127. The Morgan fingerprint density at radius 3 is 3.07 bits per heavy atom. The van der Waals surface area contributed by atoms with Crippen LogP contribution in [0.5, 0.6) is 0 Å². The molecule has 2 aromatic heterocycles. The van der Waals surface area contributed by atoms with Crippen LogP contribution in [0.3, 0.4) is 0 Å². The Kier molecular flexibility index (Phi) is 6.30. The summed E-state index contributed by atoms with van der Waals surface area (Å²) < 4.78 is 19.8. The largest absolute Gasteiger partial charge is 0.622 e. The fraction of sp³-hybridized carbons (Fsp3) is 0.350. The number of ether oxygens (including phenoxy) is 1. The quantitative estimate of drug-likeness (QED) is 0.198. The number of thiazole rings is 1. The van der Waals surface area contributed by atoms with Crippen LogP contribution in [0.1, 0.15) is 30.1 Å². The SMILES string of the molecule is CCCCN1CC(OC(=O)c2ccncc2I)[N+]([O-])(c2nc3cc(F)ccc3s2)C1. The number of quaternary nitrogens is 1. The number of aromatic nitrogens is 2. The van der Waals surface area contributed by atoms with Crippen LogP contribution in [-0.2, 0) is 4.74 Å². The number of hydroxylamine groups is 2. The van der Waals surface area contributed by atoms with Gasteiger partial charge in [0.05, 0.1) is 22.3 Å².